The third-order valence-corrected chi connectivity index (χ3v) is 6.51. The molecule has 0 aromatic heterocycles. The summed E-state index contributed by atoms with van der Waals surface area (Å²) >= 11 is 18.8. The third-order valence-electron chi connectivity index (χ3n) is 5.53. The molecule has 3 aromatic carbocycles. The second-order valence-electron chi connectivity index (χ2n) is 7.44. The lowest BCUT2D eigenvalue weighted by Crippen LogP contribution is -2.30. The fourth-order valence-electron chi connectivity index (χ4n) is 3.94. The Balaban J connectivity index is 1.98. The van der Waals surface area contributed by atoms with Gasteiger partial charge in [0.1, 0.15) is 5.76 Å². The summed E-state index contributed by atoms with van der Waals surface area (Å²) in [7, 11) is 1.42. The average Bonchev–Trinajstić information content (AvgIpc) is 3.06. The molecule has 0 spiro atoms. The topological polar surface area (TPSA) is 66.8 Å². The molecule has 1 unspecified atom stereocenters. The van der Waals surface area contributed by atoms with Gasteiger partial charge in [-0.3, -0.25) is 14.5 Å². The Hall–Kier alpha value is -2.99. The maximum absolute atomic E-state index is 13.2. The first-order valence-corrected chi connectivity index (χ1v) is 11.0. The number of hydrogen-bond acceptors (Lipinski definition) is 4. The fraction of sp³-hybridized carbons (Fsp3) is 0.120. The van der Waals surface area contributed by atoms with Crippen molar-refractivity contribution in [1.82, 2.24) is 0 Å². The van der Waals surface area contributed by atoms with Crippen LogP contribution in [0, 0.1) is 6.92 Å². The highest BCUT2D eigenvalue weighted by Crippen LogP contribution is 2.45. The van der Waals surface area contributed by atoms with Gasteiger partial charge in [0, 0.05) is 16.3 Å². The second kappa shape index (κ2) is 9.10. The van der Waals surface area contributed by atoms with Crippen molar-refractivity contribution in [3.8, 4) is 5.75 Å². The Morgan fingerprint density at radius 2 is 1.58 bits per heavy atom. The van der Waals surface area contributed by atoms with Crippen molar-refractivity contribution in [1.29, 1.82) is 0 Å². The van der Waals surface area contributed by atoms with E-state index in [9.17, 15) is 14.7 Å². The minimum absolute atomic E-state index is 0.0807. The standard InChI is InChI=1S/C25H18Cl3NO4/c1-13-16(26)9-6-10-19(13)29-21(14-7-4-3-5-8-14)20(23(31)25(29)32)22(30)15-11-17(27)24(33-2)18(28)12-15/h3-12,21,30H,1-2H3/b22-20+. The molecular formula is C25H18Cl3NO4. The molecule has 0 aliphatic carbocycles. The molecule has 1 heterocycles. The number of carbonyl (C=O) groups excluding carboxylic acids is 2. The Labute approximate surface area is 205 Å². The van der Waals surface area contributed by atoms with Gasteiger partial charge in [-0.15, -0.1) is 0 Å². The normalized spacial score (nSPS) is 17.5. The van der Waals surface area contributed by atoms with Gasteiger partial charge in [-0.05, 0) is 42.3 Å². The Bertz CT molecular complexity index is 1280. The monoisotopic (exact) mass is 501 g/mol. The van der Waals surface area contributed by atoms with Gasteiger partial charge < -0.3 is 9.84 Å². The van der Waals surface area contributed by atoms with E-state index in [4.69, 9.17) is 39.5 Å². The summed E-state index contributed by atoms with van der Waals surface area (Å²) in [6, 6.07) is 16.1. The minimum atomic E-state index is -0.886. The van der Waals surface area contributed by atoms with E-state index in [2.05, 4.69) is 0 Å². The number of ether oxygens (including phenoxy) is 1. The van der Waals surface area contributed by atoms with Gasteiger partial charge >= 0.3 is 0 Å². The molecule has 33 heavy (non-hydrogen) atoms. The number of methoxy groups -OCH3 is 1. The summed E-state index contributed by atoms with van der Waals surface area (Å²) in [5.74, 6) is -1.76. The van der Waals surface area contributed by atoms with Gasteiger partial charge in [-0.25, -0.2) is 0 Å². The van der Waals surface area contributed by atoms with Crippen LogP contribution in [-0.2, 0) is 9.59 Å². The van der Waals surface area contributed by atoms with Gasteiger partial charge in [0.25, 0.3) is 11.7 Å². The van der Waals surface area contributed by atoms with Crippen LogP contribution in [0.5, 0.6) is 5.75 Å². The van der Waals surface area contributed by atoms with Crippen molar-refractivity contribution in [2.45, 2.75) is 13.0 Å². The largest absolute Gasteiger partial charge is 0.507 e. The number of rotatable bonds is 4. The molecule has 168 valence electrons. The maximum atomic E-state index is 13.2. The second-order valence-corrected chi connectivity index (χ2v) is 8.66. The van der Waals surface area contributed by atoms with Crippen LogP contribution in [0.3, 0.4) is 0 Å². The summed E-state index contributed by atoms with van der Waals surface area (Å²) in [4.78, 5) is 27.9. The summed E-state index contributed by atoms with van der Waals surface area (Å²) < 4.78 is 5.16. The number of carbonyl (C=O) groups is 2. The first-order valence-electron chi connectivity index (χ1n) is 9.90. The zero-order valence-corrected chi connectivity index (χ0v) is 19.9. The van der Waals surface area contributed by atoms with Crippen molar-refractivity contribution < 1.29 is 19.4 Å². The van der Waals surface area contributed by atoms with Gasteiger partial charge in [-0.2, -0.15) is 0 Å². The Morgan fingerprint density at radius 1 is 0.939 bits per heavy atom. The van der Waals surface area contributed by atoms with Gasteiger partial charge in [-0.1, -0.05) is 71.2 Å². The lowest BCUT2D eigenvalue weighted by Gasteiger charge is -2.27. The van der Waals surface area contributed by atoms with E-state index in [1.165, 1.54) is 24.1 Å². The molecule has 1 aliphatic heterocycles. The molecule has 1 atom stereocenters. The number of Topliss-reactive ketones (excluding diaryl/α,β-unsaturated/α-hetero) is 1. The molecule has 1 N–H and O–H groups in total. The molecule has 8 heteroatoms. The van der Waals surface area contributed by atoms with Crippen LogP contribution in [-0.4, -0.2) is 23.9 Å². The molecule has 1 amide bonds. The number of amides is 1. The zero-order chi connectivity index (χ0) is 23.9. The highest BCUT2D eigenvalue weighted by molar-refractivity contribution is 6.52. The van der Waals surface area contributed by atoms with Crippen LogP contribution in [0.1, 0.15) is 22.7 Å². The van der Waals surface area contributed by atoms with E-state index >= 15 is 0 Å². The molecule has 0 bridgehead atoms. The third kappa shape index (κ3) is 3.97. The highest BCUT2D eigenvalue weighted by Gasteiger charge is 2.47. The summed E-state index contributed by atoms with van der Waals surface area (Å²) in [5, 5.41) is 12.0. The van der Waals surface area contributed by atoms with Crippen LogP contribution in [0.4, 0.5) is 5.69 Å². The Morgan fingerprint density at radius 3 is 2.18 bits per heavy atom. The van der Waals surface area contributed by atoms with Crippen LogP contribution >= 0.6 is 34.8 Å². The number of ketones is 1. The minimum Gasteiger partial charge on any atom is -0.507 e. The molecule has 1 saturated heterocycles. The van der Waals surface area contributed by atoms with Crippen molar-refractivity contribution in [3.05, 3.63) is 98.0 Å². The first kappa shape index (κ1) is 23.2. The molecular weight excluding hydrogens is 485 g/mol. The summed E-state index contributed by atoms with van der Waals surface area (Å²) in [6.07, 6.45) is 0. The number of halogens is 3. The number of nitrogens with zero attached hydrogens (tertiary/aromatic N) is 1. The van der Waals surface area contributed by atoms with Crippen LogP contribution in [0.25, 0.3) is 5.76 Å². The van der Waals surface area contributed by atoms with E-state index in [1.54, 1.807) is 49.4 Å². The van der Waals surface area contributed by atoms with Crippen LogP contribution in [0.15, 0.2) is 66.2 Å². The van der Waals surface area contributed by atoms with Gasteiger partial charge in [0.05, 0.1) is 28.8 Å². The van der Waals surface area contributed by atoms with Crippen LogP contribution in [0.2, 0.25) is 15.1 Å². The van der Waals surface area contributed by atoms with Crippen molar-refractivity contribution in [3.63, 3.8) is 0 Å². The molecule has 3 aromatic rings. The zero-order valence-electron chi connectivity index (χ0n) is 17.6. The van der Waals surface area contributed by atoms with Crippen molar-refractivity contribution in [2.24, 2.45) is 0 Å². The molecule has 0 radical (unpaired) electrons. The lowest BCUT2D eigenvalue weighted by molar-refractivity contribution is -0.132. The molecule has 5 nitrogen and oxygen atoms in total. The van der Waals surface area contributed by atoms with E-state index < -0.39 is 23.5 Å². The maximum Gasteiger partial charge on any atom is 0.300 e. The SMILES string of the molecule is COc1c(Cl)cc(/C(O)=C2\C(=O)C(=O)N(c3cccc(Cl)c3C)C2c2ccccc2)cc1Cl. The predicted molar refractivity (Wildman–Crippen MR) is 130 cm³/mol. The summed E-state index contributed by atoms with van der Waals surface area (Å²) in [5.41, 5.74) is 1.86. The highest BCUT2D eigenvalue weighted by atomic mass is 35.5. The van der Waals surface area contributed by atoms with Crippen molar-refractivity contribution >= 4 is 57.9 Å². The molecule has 1 fully saturated rings. The number of aliphatic hydroxyl groups is 1. The smallest absolute Gasteiger partial charge is 0.300 e. The first-order chi connectivity index (χ1) is 15.8. The van der Waals surface area contributed by atoms with E-state index in [0.717, 1.165) is 0 Å². The van der Waals surface area contributed by atoms with E-state index in [1.807, 2.05) is 6.07 Å². The lowest BCUT2D eigenvalue weighted by atomic mass is 9.95. The molecule has 1 aliphatic rings. The number of benzene rings is 3. The quantitative estimate of drug-likeness (QED) is 0.248. The summed E-state index contributed by atoms with van der Waals surface area (Å²) in [6.45, 7) is 1.77. The van der Waals surface area contributed by atoms with E-state index in [-0.39, 0.29) is 26.9 Å². The fourth-order valence-corrected chi connectivity index (χ4v) is 4.75. The molecule has 4 rings (SSSR count). The van der Waals surface area contributed by atoms with Crippen molar-refractivity contribution in [2.75, 3.05) is 12.0 Å². The van der Waals surface area contributed by atoms with E-state index in [0.29, 0.717) is 21.8 Å². The Kier molecular flexibility index (Phi) is 6.39. The number of hydrogen-bond donors (Lipinski definition) is 1. The molecule has 0 saturated carbocycles. The average molecular weight is 503 g/mol. The van der Waals surface area contributed by atoms with Gasteiger partial charge in [0.2, 0.25) is 0 Å². The number of anilines is 1. The van der Waals surface area contributed by atoms with Crippen LogP contribution < -0.4 is 9.64 Å². The number of aliphatic hydroxyl groups excluding tert-OH is 1. The predicted octanol–water partition coefficient (Wildman–Crippen LogP) is 6.59. The van der Waals surface area contributed by atoms with Gasteiger partial charge in [0.15, 0.2) is 5.75 Å².